The second-order valence-corrected chi connectivity index (χ2v) is 29.9. The van der Waals surface area contributed by atoms with Crippen molar-refractivity contribution in [2.45, 2.75) is 91.6 Å². The maximum absolute atomic E-state index is 13.6. The highest BCUT2D eigenvalue weighted by atomic mass is 19.2. The normalized spacial score (nSPS) is 12.1. The van der Waals surface area contributed by atoms with Gasteiger partial charge in [0.2, 0.25) is 40.7 Å². The Morgan fingerprint density at radius 1 is 0.386 bits per heavy atom. The third kappa shape index (κ3) is 40.6. The number of carboxylic acid groups (broad SMARTS) is 3. The van der Waals surface area contributed by atoms with Gasteiger partial charge in [0.25, 0.3) is 23.6 Å². The quantitative estimate of drug-likeness (QED) is 0.00280. The molecule has 8 aromatic carbocycles. The molecule has 7 amide bonds. The molecule has 0 radical (unpaired) electrons. The smallest absolute Gasteiger partial charge is 0.407 e. The zero-order chi connectivity index (χ0) is 97.8. The van der Waals surface area contributed by atoms with E-state index in [1.807, 2.05) is 0 Å². The summed E-state index contributed by atoms with van der Waals surface area (Å²) in [6.45, 7) is 13.4. The van der Waals surface area contributed by atoms with Crippen molar-refractivity contribution in [2.75, 3.05) is 65.4 Å². The fourth-order valence-corrected chi connectivity index (χ4v) is 9.86. The lowest BCUT2D eigenvalue weighted by molar-refractivity contribution is -0.153. The molecule has 1 atom stereocenters. The van der Waals surface area contributed by atoms with E-state index >= 15 is 0 Å². The van der Waals surface area contributed by atoms with Crippen LogP contribution in [0, 0.1) is 29.1 Å². The standard InChI is InChI=1S/C24H31N5O7.C21H12F5N3O4.C19H21N3O4.C15H13N3O4.C9H18N2O4/c1-24(2,3)36-23(35)25-12-13-29(15-21(32)33)20(31)14-26-22(34)18-6-4-5-7-19(18)28-27-16-8-10-17(30)11-9-16;22-15-16(23)18(25)20(19(26)17(15)24)33-14(31)9-27-21(32)12-3-1-2-4-13(12)29-28-10-5-7-11(30)8-6-10;1-19(2,3)26-17(24)12-20-18(25)15-6-4-5-7-16(15)22-21-13-8-10-14(23)11-9-13;19-11-7-5-10(6-8-11)17-18-13-4-2-1-3-12(13)15(22)16-9-14(20)21;1-9(2,3)15-8(14)11-5-4-10-6-7(12)13/h4-8,10-11,16,30H,9,12-15H2,1-3H3,(H,25,35)(H,26,34)(H,32,33);1-8,30H,9H2,(H,27,32);4-11,23H,12H2,1-3H3,(H,20,25);1-8,19H,9H2,(H,16,22)(H,20,21);10H,4-6H2,1-3H3,(H,11,14)(H,12,13). The Balaban J connectivity index is 0.000000300. The minimum atomic E-state index is -2.41. The van der Waals surface area contributed by atoms with Crippen LogP contribution in [0.25, 0.3) is 0 Å². The predicted octanol–water partition coefficient (Wildman–Crippen LogP) is 14.2. The van der Waals surface area contributed by atoms with E-state index in [4.69, 9.17) is 29.5 Å². The molecule has 0 fully saturated rings. The Morgan fingerprint density at radius 2 is 0.735 bits per heavy atom. The SMILES string of the molecule is CC(C)(C)OC(=O)CNC(=O)c1ccccc1N=Nc1ccc(O)cc1.CC(C)(C)OC(=O)NCCN(CC(=O)O)C(=O)CNC(=O)c1ccccc1N=NC1C=CC(O)=CC1.CC(C)(C)OC(=O)NCCNCC(=O)O.O=C(CNC(=O)c1ccccc1N=Nc1ccc(O)cc1)Oc1c(F)c(F)c(F)c(F)c1F.O=C(O)CNC(=O)c1ccccc1N=Nc1ccc(O)cc1. The molecule has 39 nitrogen and oxygen atoms in total. The molecule has 132 heavy (non-hydrogen) atoms. The molecule has 0 saturated heterocycles. The molecule has 44 heteroatoms. The number of amides is 7. The number of aliphatic carboxylic acids is 3. The lowest BCUT2D eigenvalue weighted by Crippen LogP contribution is -2.46. The van der Waals surface area contributed by atoms with Gasteiger partial charge < -0.3 is 96.8 Å². The van der Waals surface area contributed by atoms with Crippen LogP contribution in [0.4, 0.5) is 71.4 Å². The molecule has 0 saturated carbocycles. The number of aromatic hydroxyl groups is 3. The van der Waals surface area contributed by atoms with E-state index in [0.29, 0.717) is 59.2 Å². The summed E-state index contributed by atoms with van der Waals surface area (Å²) in [7, 11) is 0. The van der Waals surface area contributed by atoms with Crippen molar-refractivity contribution in [1.29, 1.82) is 0 Å². The van der Waals surface area contributed by atoms with Gasteiger partial charge in [-0.05, 0) is 202 Å². The predicted molar refractivity (Wildman–Crippen MR) is 463 cm³/mol. The first kappa shape index (κ1) is 106. The number of hydrogen-bond acceptors (Lipinski definition) is 29. The Kier molecular flexibility index (Phi) is 42.4. The second kappa shape index (κ2) is 52.7. The van der Waals surface area contributed by atoms with E-state index in [1.54, 1.807) is 165 Å². The fraction of sp³-hybridized carbons (Fsp3) is 0.273. The number of nitrogens with zero attached hydrogens (tertiary/aromatic N) is 9. The first-order chi connectivity index (χ1) is 62.2. The number of aliphatic hydroxyl groups is 1. The molecule has 700 valence electrons. The summed E-state index contributed by atoms with van der Waals surface area (Å²) >= 11 is 0. The maximum Gasteiger partial charge on any atom is 0.407 e. The van der Waals surface area contributed by atoms with Crippen LogP contribution in [0.2, 0.25) is 0 Å². The highest BCUT2D eigenvalue weighted by Gasteiger charge is 2.30. The van der Waals surface area contributed by atoms with Crippen LogP contribution in [-0.4, -0.2) is 201 Å². The van der Waals surface area contributed by atoms with Crippen molar-refractivity contribution >= 4 is 111 Å². The molecule has 1 aliphatic carbocycles. The van der Waals surface area contributed by atoms with Crippen LogP contribution >= 0.6 is 0 Å². The zero-order valence-corrected chi connectivity index (χ0v) is 72.3. The Morgan fingerprint density at radius 3 is 1.10 bits per heavy atom. The number of benzene rings is 8. The highest BCUT2D eigenvalue weighted by molar-refractivity contribution is 6.03. The molecule has 8 aromatic rings. The van der Waals surface area contributed by atoms with Crippen LogP contribution in [0.5, 0.6) is 23.0 Å². The molecule has 0 heterocycles. The average molecular weight is 1840 g/mol. The van der Waals surface area contributed by atoms with Crippen LogP contribution in [-0.2, 0) is 43.0 Å². The number of rotatable bonds is 31. The minimum Gasteiger partial charge on any atom is -0.508 e. The number of azo groups is 4. The molecule has 9 rings (SSSR count). The van der Waals surface area contributed by atoms with E-state index < -0.39 is 149 Å². The number of nitrogens with one attached hydrogen (secondary N) is 7. The van der Waals surface area contributed by atoms with Gasteiger partial charge in [-0.25, -0.2) is 27.6 Å². The van der Waals surface area contributed by atoms with Crippen molar-refractivity contribution in [3.63, 3.8) is 0 Å². The largest absolute Gasteiger partial charge is 0.508 e. The van der Waals surface area contributed by atoms with Gasteiger partial charge in [0.1, 0.15) is 66.0 Å². The lowest BCUT2D eigenvalue weighted by Gasteiger charge is -2.23. The van der Waals surface area contributed by atoms with Crippen LogP contribution in [0.15, 0.2) is 235 Å². The first-order valence-corrected chi connectivity index (χ1v) is 39.4. The zero-order valence-electron chi connectivity index (χ0n) is 72.3. The number of carbonyl (C=O) groups excluding carboxylic acids is 9. The van der Waals surface area contributed by atoms with Gasteiger partial charge in [0.05, 0.1) is 81.2 Å². The van der Waals surface area contributed by atoms with Crippen LogP contribution in [0.3, 0.4) is 0 Å². The summed E-state index contributed by atoms with van der Waals surface area (Å²) in [6, 6.07) is 43.1. The molecule has 0 aromatic heterocycles. The van der Waals surface area contributed by atoms with Gasteiger partial charge >= 0.3 is 42.0 Å². The lowest BCUT2D eigenvalue weighted by atomic mass is 10.1. The van der Waals surface area contributed by atoms with Gasteiger partial charge in [0.15, 0.2) is 0 Å². The molecule has 1 unspecified atom stereocenters. The molecule has 0 aliphatic heterocycles. The van der Waals surface area contributed by atoms with Gasteiger partial charge in [-0.15, -0.1) is 15.3 Å². The summed E-state index contributed by atoms with van der Waals surface area (Å²) in [5.74, 6) is -21.4. The van der Waals surface area contributed by atoms with E-state index in [1.165, 1.54) is 84.9 Å². The monoisotopic (exact) mass is 1840 g/mol. The number of hydrogen-bond donors (Lipinski definition) is 14. The number of carbonyl (C=O) groups is 12. The Hall–Kier alpha value is -16.3. The summed E-state index contributed by atoms with van der Waals surface area (Å²) in [5, 5.41) is 112. The molecular weight excluding hydrogens is 1740 g/mol. The Labute approximate surface area is 750 Å². The van der Waals surface area contributed by atoms with Crippen LogP contribution in [0.1, 0.15) is 110 Å². The summed E-state index contributed by atoms with van der Waals surface area (Å²) in [5.41, 5.74) is 1.32. The topological polar surface area (TPSA) is 570 Å². The fourth-order valence-electron chi connectivity index (χ4n) is 9.86. The first-order valence-electron chi connectivity index (χ1n) is 39.4. The van der Waals surface area contributed by atoms with Crippen molar-refractivity contribution in [1.82, 2.24) is 42.1 Å². The number of esters is 2. The second-order valence-electron chi connectivity index (χ2n) is 29.9. The molecule has 0 spiro atoms. The number of carboxylic acids is 3. The summed E-state index contributed by atoms with van der Waals surface area (Å²) in [6.07, 6.45) is 4.09. The van der Waals surface area contributed by atoms with Crippen molar-refractivity contribution < 1.29 is 134 Å². The van der Waals surface area contributed by atoms with Crippen LogP contribution < -0.4 is 42.0 Å². The van der Waals surface area contributed by atoms with Gasteiger partial charge in [-0.2, -0.15) is 34.4 Å². The van der Waals surface area contributed by atoms with E-state index in [0.717, 1.165) is 4.90 Å². The number of aliphatic hydroxyl groups excluding tert-OH is 1. The molecule has 1 aliphatic rings. The van der Waals surface area contributed by atoms with Crippen molar-refractivity contribution in [3.05, 3.63) is 245 Å². The Bertz CT molecular complexity index is 5520. The van der Waals surface area contributed by atoms with Crippen molar-refractivity contribution in [2.24, 2.45) is 40.9 Å². The van der Waals surface area contributed by atoms with E-state index in [2.05, 4.69) is 82.9 Å². The van der Waals surface area contributed by atoms with Gasteiger partial charge in [-0.1, -0.05) is 54.6 Å². The molecular formula is C88H95F5N16O23. The summed E-state index contributed by atoms with van der Waals surface area (Å²) < 4.78 is 86.1. The highest BCUT2D eigenvalue weighted by Crippen LogP contribution is 2.32. The van der Waals surface area contributed by atoms with Gasteiger partial charge in [0, 0.05) is 26.2 Å². The molecule has 14 N–H and O–H groups in total. The summed E-state index contributed by atoms with van der Waals surface area (Å²) in [4.78, 5) is 141. The third-order valence-corrected chi connectivity index (χ3v) is 15.7. The number of halogens is 5. The number of ether oxygens (including phenoxy) is 4. The molecule has 0 bridgehead atoms. The van der Waals surface area contributed by atoms with Gasteiger partial charge in [-0.3, -0.25) is 43.2 Å². The third-order valence-electron chi connectivity index (χ3n) is 15.7. The number of alkyl carbamates (subject to hydrolysis) is 2. The van der Waals surface area contributed by atoms with Crippen molar-refractivity contribution in [3.8, 4) is 23.0 Å². The van der Waals surface area contributed by atoms with E-state index in [9.17, 15) is 99.9 Å². The number of phenols is 3. The average Bonchev–Trinajstić information content (AvgIpc) is 0.793. The number of phenolic OH excluding ortho intramolecular Hbond substituents is 3. The van der Waals surface area contributed by atoms with E-state index in [-0.39, 0.29) is 77.6 Å². The number of allylic oxidation sites excluding steroid dienone is 1. The minimum absolute atomic E-state index is 0.0199. The maximum atomic E-state index is 13.6.